The lowest BCUT2D eigenvalue weighted by molar-refractivity contribution is -0.147. The van der Waals surface area contributed by atoms with Gasteiger partial charge in [-0.3, -0.25) is 14.4 Å². The molecular formula is C35H38N2O5. The molecule has 3 heterocycles. The number of carboxylic acids is 1. The standard InChI is InChI=1S/C35H38N2O5/c38-31-22-35(34(40)41)21-27(35)15-8-3-1-2-7-14-26(19-24-11-5-4-6-12-24)33(39)37-23-28(20-30(31)37)42-32-29-16-10-9-13-25(29)17-18-36-32/h4-6,8-13,15-18,26-28,30H,1-3,7,14,19-23H2,(H,40,41)/b15-8-/t26-,27+,28-,30+,35-/m1/s1. The van der Waals surface area contributed by atoms with Crippen molar-refractivity contribution in [2.45, 2.75) is 69.9 Å². The van der Waals surface area contributed by atoms with Crippen LogP contribution in [0.5, 0.6) is 5.88 Å². The highest BCUT2D eigenvalue weighted by molar-refractivity contribution is 5.95. The number of aromatic nitrogens is 1. The Morgan fingerprint density at radius 2 is 1.83 bits per heavy atom. The Morgan fingerprint density at radius 1 is 1.02 bits per heavy atom. The number of pyridine rings is 1. The Kier molecular flexibility index (Phi) is 8.09. The van der Waals surface area contributed by atoms with E-state index in [1.165, 1.54) is 0 Å². The molecule has 1 saturated heterocycles. The normalized spacial score (nSPS) is 29.2. The van der Waals surface area contributed by atoms with Crippen molar-refractivity contribution in [1.29, 1.82) is 0 Å². The number of hydrogen-bond donors (Lipinski definition) is 1. The van der Waals surface area contributed by atoms with Gasteiger partial charge in [0.2, 0.25) is 11.8 Å². The third kappa shape index (κ3) is 5.83. The number of Topliss-reactive ketones (excluding diaryl/α,β-unsaturated/α-hetero) is 1. The van der Waals surface area contributed by atoms with E-state index in [0.29, 0.717) is 25.1 Å². The van der Waals surface area contributed by atoms with E-state index < -0.39 is 23.5 Å². The number of allylic oxidation sites excluding steroid dienone is 2. The summed E-state index contributed by atoms with van der Waals surface area (Å²) < 4.78 is 6.41. The van der Waals surface area contributed by atoms with Crippen molar-refractivity contribution in [3.63, 3.8) is 0 Å². The lowest BCUT2D eigenvalue weighted by Gasteiger charge is -2.29. The monoisotopic (exact) mass is 566 g/mol. The molecule has 1 aliphatic carbocycles. The minimum absolute atomic E-state index is 0.0427. The van der Waals surface area contributed by atoms with Gasteiger partial charge in [-0.2, -0.15) is 0 Å². The third-order valence-corrected chi connectivity index (χ3v) is 9.35. The molecule has 1 saturated carbocycles. The second-order valence-corrected chi connectivity index (χ2v) is 12.2. The van der Waals surface area contributed by atoms with Crippen LogP contribution < -0.4 is 4.74 Å². The summed E-state index contributed by atoms with van der Waals surface area (Å²) in [4.78, 5) is 46.8. The number of rotatable bonds is 5. The van der Waals surface area contributed by atoms with Gasteiger partial charge in [-0.25, -0.2) is 4.98 Å². The minimum Gasteiger partial charge on any atom is -0.481 e. The molecule has 0 radical (unpaired) electrons. The highest BCUT2D eigenvalue weighted by Gasteiger charge is 2.61. The fourth-order valence-electron chi connectivity index (χ4n) is 6.85. The number of benzene rings is 2. The number of nitrogens with zero attached hydrogens (tertiary/aromatic N) is 2. The molecule has 5 atom stereocenters. The smallest absolute Gasteiger partial charge is 0.310 e. The summed E-state index contributed by atoms with van der Waals surface area (Å²) in [6.45, 7) is 0.273. The summed E-state index contributed by atoms with van der Waals surface area (Å²) in [7, 11) is 0. The van der Waals surface area contributed by atoms with Crippen molar-refractivity contribution in [2.24, 2.45) is 17.3 Å². The van der Waals surface area contributed by atoms with Gasteiger partial charge in [-0.1, -0.05) is 73.5 Å². The first kappa shape index (κ1) is 28.1. The number of ketones is 1. The van der Waals surface area contributed by atoms with Crippen LogP contribution in [0.4, 0.5) is 0 Å². The molecule has 0 unspecified atom stereocenters. The van der Waals surface area contributed by atoms with E-state index >= 15 is 0 Å². The Bertz CT molecular complexity index is 1480. The summed E-state index contributed by atoms with van der Waals surface area (Å²) in [5.41, 5.74) is 0.0133. The molecular weight excluding hydrogens is 528 g/mol. The zero-order valence-electron chi connectivity index (χ0n) is 23.9. The first-order valence-electron chi connectivity index (χ1n) is 15.2. The Morgan fingerprint density at radius 3 is 2.67 bits per heavy atom. The van der Waals surface area contributed by atoms with Gasteiger partial charge in [0.15, 0.2) is 5.78 Å². The van der Waals surface area contributed by atoms with Crippen molar-refractivity contribution < 1.29 is 24.2 Å². The average molecular weight is 567 g/mol. The summed E-state index contributed by atoms with van der Waals surface area (Å²) in [6, 6.07) is 19.1. The SMILES string of the molecule is O=C1C[C@]2(C(=O)O)C[C@@H]2/C=C\CCCCC[C@H](Cc2ccccc2)C(=O)N2C[C@H](Oc3nccc4ccccc34)C[C@@H]12. The predicted molar refractivity (Wildman–Crippen MR) is 160 cm³/mol. The van der Waals surface area contributed by atoms with E-state index in [1.807, 2.05) is 66.7 Å². The molecule has 6 rings (SSSR count). The maximum Gasteiger partial charge on any atom is 0.310 e. The molecule has 1 amide bonds. The number of amides is 1. The highest BCUT2D eigenvalue weighted by Crippen LogP contribution is 2.57. The van der Waals surface area contributed by atoms with Crippen molar-refractivity contribution in [2.75, 3.05) is 6.54 Å². The molecule has 0 bridgehead atoms. The lowest BCUT2D eigenvalue weighted by atomic mass is 9.90. The number of ether oxygens (including phenoxy) is 1. The van der Waals surface area contributed by atoms with Gasteiger partial charge >= 0.3 is 5.97 Å². The molecule has 7 heteroatoms. The first-order chi connectivity index (χ1) is 20.4. The fourth-order valence-corrected chi connectivity index (χ4v) is 6.85. The Labute approximate surface area is 246 Å². The number of carboxylic acid groups (broad SMARTS) is 1. The van der Waals surface area contributed by atoms with E-state index in [-0.39, 0.29) is 36.5 Å². The maximum atomic E-state index is 14.3. The fraction of sp³-hybridized carbons (Fsp3) is 0.429. The molecule has 3 aliphatic rings. The number of carbonyl (C=O) groups is 3. The molecule has 1 N–H and O–H groups in total. The molecule has 218 valence electrons. The zero-order chi connectivity index (χ0) is 29.1. The molecule has 2 fully saturated rings. The van der Waals surface area contributed by atoms with Crippen LogP contribution in [-0.2, 0) is 20.8 Å². The second-order valence-electron chi connectivity index (χ2n) is 12.2. The van der Waals surface area contributed by atoms with Crippen molar-refractivity contribution in [3.05, 3.63) is 84.6 Å². The minimum atomic E-state index is -1.08. The van der Waals surface area contributed by atoms with Gasteiger partial charge in [0.05, 0.1) is 18.0 Å². The summed E-state index contributed by atoms with van der Waals surface area (Å²) >= 11 is 0. The topological polar surface area (TPSA) is 96.8 Å². The molecule has 2 aliphatic heterocycles. The summed E-state index contributed by atoms with van der Waals surface area (Å²) in [5.74, 6) is -1.09. The maximum absolute atomic E-state index is 14.3. The van der Waals surface area contributed by atoms with Crippen molar-refractivity contribution in [3.8, 4) is 5.88 Å². The number of carbonyl (C=O) groups excluding carboxylic acids is 2. The van der Waals surface area contributed by atoms with Crippen LogP contribution in [0.1, 0.15) is 56.9 Å². The first-order valence-corrected chi connectivity index (χ1v) is 15.2. The van der Waals surface area contributed by atoms with Crippen LogP contribution >= 0.6 is 0 Å². The number of aliphatic carboxylic acids is 1. The average Bonchev–Trinajstić information content (AvgIpc) is 3.53. The van der Waals surface area contributed by atoms with Gasteiger partial charge in [-0.05, 0) is 61.1 Å². The number of hydrogen-bond acceptors (Lipinski definition) is 5. The van der Waals surface area contributed by atoms with Crippen LogP contribution in [0.25, 0.3) is 10.8 Å². The van der Waals surface area contributed by atoms with Crippen molar-refractivity contribution >= 4 is 28.4 Å². The van der Waals surface area contributed by atoms with Crippen LogP contribution in [-0.4, -0.2) is 51.3 Å². The predicted octanol–water partition coefficient (Wildman–Crippen LogP) is 6.01. The van der Waals surface area contributed by atoms with E-state index in [9.17, 15) is 19.5 Å². The number of fused-ring (bicyclic) bond motifs is 3. The van der Waals surface area contributed by atoms with Crippen molar-refractivity contribution in [1.82, 2.24) is 9.88 Å². The molecule has 42 heavy (non-hydrogen) atoms. The summed E-state index contributed by atoms with van der Waals surface area (Å²) in [5, 5.41) is 12.0. The Balaban J connectivity index is 1.30. The van der Waals surface area contributed by atoms with E-state index in [4.69, 9.17) is 4.74 Å². The van der Waals surface area contributed by atoms with Gasteiger partial charge in [0.1, 0.15) is 6.10 Å². The lowest BCUT2D eigenvalue weighted by Crippen LogP contribution is -2.45. The Hall–Kier alpha value is -4.00. The highest BCUT2D eigenvalue weighted by atomic mass is 16.5. The van der Waals surface area contributed by atoms with Crippen LogP contribution in [0.3, 0.4) is 0 Å². The van der Waals surface area contributed by atoms with Gasteiger partial charge in [-0.15, -0.1) is 0 Å². The molecule has 2 aromatic carbocycles. The molecule has 1 aromatic heterocycles. The van der Waals surface area contributed by atoms with Gasteiger partial charge in [0.25, 0.3) is 0 Å². The summed E-state index contributed by atoms with van der Waals surface area (Å²) in [6.07, 6.45) is 11.2. The third-order valence-electron chi connectivity index (χ3n) is 9.35. The van der Waals surface area contributed by atoms with E-state index in [1.54, 1.807) is 11.1 Å². The second kappa shape index (κ2) is 12.1. The van der Waals surface area contributed by atoms with Crippen LogP contribution in [0, 0.1) is 17.3 Å². The quantitative estimate of drug-likeness (QED) is 0.380. The van der Waals surface area contributed by atoms with Gasteiger partial charge < -0.3 is 14.7 Å². The van der Waals surface area contributed by atoms with Crippen LogP contribution in [0.15, 0.2) is 79.0 Å². The largest absolute Gasteiger partial charge is 0.481 e. The molecule has 3 aromatic rings. The zero-order valence-corrected chi connectivity index (χ0v) is 23.9. The van der Waals surface area contributed by atoms with E-state index in [2.05, 4.69) is 11.1 Å². The van der Waals surface area contributed by atoms with Crippen LogP contribution in [0.2, 0.25) is 0 Å². The van der Waals surface area contributed by atoms with E-state index in [0.717, 1.165) is 48.4 Å². The molecule has 7 nitrogen and oxygen atoms in total. The molecule has 0 spiro atoms. The van der Waals surface area contributed by atoms with Gasteiger partial charge in [0, 0.05) is 30.3 Å².